The van der Waals surface area contributed by atoms with E-state index in [9.17, 15) is 13.2 Å². The number of piperidine rings is 1. The molecule has 8 nitrogen and oxygen atoms in total. The van der Waals surface area contributed by atoms with Crippen LogP contribution >= 0.6 is 0 Å². The molecule has 180 valence electrons. The van der Waals surface area contributed by atoms with Crippen LogP contribution in [-0.4, -0.2) is 49.9 Å². The van der Waals surface area contributed by atoms with Gasteiger partial charge in [0.1, 0.15) is 17.2 Å². The van der Waals surface area contributed by atoms with E-state index in [-0.39, 0.29) is 22.4 Å². The molecule has 0 bridgehead atoms. The number of amides is 1. The van der Waals surface area contributed by atoms with Gasteiger partial charge in [-0.05, 0) is 69.2 Å². The fourth-order valence-corrected chi connectivity index (χ4v) is 5.47. The van der Waals surface area contributed by atoms with E-state index in [1.165, 1.54) is 16.4 Å². The molecule has 1 N–H and O–H groups in total. The Morgan fingerprint density at radius 3 is 2.50 bits per heavy atom. The summed E-state index contributed by atoms with van der Waals surface area (Å²) in [5, 5.41) is 3.64. The largest absolute Gasteiger partial charge is 0.497 e. The Morgan fingerprint density at radius 2 is 1.79 bits per heavy atom. The first-order valence-corrected chi connectivity index (χ1v) is 12.8. The molecule has 1 amide bonds. The van der Waals surface area contributed by atoms with E-state index in [0.717, 1.165) is 24.6 Å². The van der Waals surface area contributed by atoms with Gasteiger partial charge in [-0.2, -0.15) is 4.31 Å². The first kappa shape index (κ1) is 24.0. The standard InChI is InChI=1S/C25H29N3O5S/c1-17(2)33-24-12-9-20(34(30,31)28-13-5-4-6-14-28)16-23(24)27-25(29)22-10-7-18-15-19(32-3)8-11-21(18)26-22/h7-12,15-17H,4-6,13-14H2,1-3H3,(H,27,29). The van der Waals surface area contributed by atoms with Gasteiger partial charge in [-0.1, -0.05) is 12.5 Å². The molecule has 2 heterocycles. The highest BCUT2D eigenvalue weighted by Crippen LogP contribution is 2.31. The van der Waals surface area contributed by atoms with Gasteiger partial charge in [-0.25, -0.2) is 13.4 Å². The Balaban J connectivity index is 1.65. The van der Waals surface area contributed by atoms with Crippen LogP contribution in [0.15, 0.2) is 53.4 Å². The molecule has 1 fully saturated rings. The summed E-state index contributed by atoms with van der Waals surface area (Å²) >= 11 is 0. The Kier molecular flexibility index (Phi) is 7.04. The van der Waals surface area contributed by atoms with Crippen molar-refractivity contribution in [3.05, 3.63) is 54.2 Å². The molecule has 1 aliphatic heterocycles. The Morgan fingerprint density at radius 1 is 1.03 bits per heavy atom. The second-order valence-electron chi connectivity index (χ2n) is 8.50. The molecule has 0 unspecified atom stereocenters. The smallest absolute Gasteiger partial charge is 0.274 e. The van der Waals surface area contributed by atoms with Gasteiger partial charge in [-0.3, -0.25) is 4.79 Å². The van der Waals surface area contributed by atoms with E-state index in [1.54, 1.807) is 37.4 Å². The number of hydrogen-bond acceptors (Lipinski definition) is 6. The third kappa shape index (κ3) is 5.15. The third-order valence-electron chi connectivity index (χ3n) is 5.64. The SMILES string of the molecule is COc1ccc2nc(C(=O)Nc3cc(S(=O)(=O)N4CCCCC4)ccc3OC(C)C)ccc2c1. The number of nitrogens with one attached hydrogen (secondary N) is 1. The van der Waals surface area contributed by atoms with E-state index in [0.29, 0.717) is 30.1 Å². The minimum atomic E-state index is -3.67. The average molecular weight is 484 g/mol. The summed E-state index contributed by atoms with van der Waals surface area (Å²) in [4.78, 5) is 17.6. The van der Waals surface area contributed by atoms with Gasteiger partial charge in [0.15, 0.2) is 0 Å². The molecule has 1 aliphatic rings. The van der Waals surface area contributed by atoms with Gasteiger partial charge in [0, 0.05) is 18.5 Å². The average Bonchev–Trinajstić information content (AvgIpc) is 2.84. The summed E-state index contributed by atoms with van der Waals surface area (Å²) in [5.41, 5.74) is 1.14. The molecular formula is C25H29N3O5S. The topological polar surface area (TPSA) is 97.8 Å². The fraction of sp³-hybridized carbons (Fsp3) is 0.360. The number of sulfonamides is 1. The monoisotopic (exact) mass is 483 g/mol. The number of anilines is 1. The number of pyridine rings is 1. The van der Waals surface area contributed by atoms with Crippen LogP contribution in [0.5, 0.6) is 11.5 Å². The quantitative estimate of drug-likeness (QED) is 0.533. The lowest BCUT2D eigenvalue weighted by molar-refractivity contribution is 0.102. The number of fused-ring (bicyclic) bond motifs is 1. The van der Waals surface area contributed by atoms with E-state index in [4.69, 9.17) is 9.47 Å². The maximum absolute atomic E-state index is 13.2. The number of ether oxygens (including phenoxy) is 2. The summed E-state index contributed by atoms with van der Waals surface area (Å²) in [5.74, 6) is 0.638. The zero-order valence-electron chi connectivity index (χ0n) is 19.6. The molecule has 3 aromatic rings. The summed E-state index contributed by atoms with van der Waals surface area (Å²) in [6.07, 6.45) is 2.56. The predicted octanol–water partition coefficient (Wildman–Crippen LogP) is 4.46. The number of nitrogens with zero attached hydrogens (tertiary/aromatic N) is 2. The number of benzene rings is 2. The number of carbonyl (C=O) groups excluding carboxylic acids is 1. The van der Waals surface area contributed by atoms with Gasteiger partial charge in [0.25, 0.3) is 5.91 Å². The van der Waals surface area contributed by atoms with Gasteiger partial charge < -0.3 is 14.8 Å². The maximum Gasteiger partial charge on any atom is 0.274 e. The molecule has 0 aliphatic carbocycles. The summed E-state index contributed by atoms with van der Waals surface area (Å²) < 4.78 is 38.9. The molecule has 1 saturated heterocycles. The van der Waals surface area contributed by atoms with Crippen molar-refractivity contribution < 1.29 is 22.7 Å². The number of rotatable bonds is 7. The number of methoxy groups -OCH3 is 1. The van der Waals surface area contributed by atoms with E-state index < -0.39 is 15.9 Å². The summed E-state index contributed by atoms with van der Waals surface area (Å²) in [7, 11) is -2.08. The minimum Gasteiger partial charge on any atom is -0.497 e. The van der Waals surface area contributed by atoms with Gasteiger partial charge in [0.2, 0.25) is 10.0 Å². The Labute approximate surface area is 199 Å². The van der Waals surface area contributed by atoms with Crippen molar-refractivity contribution in [2.75, 3.05) is 25.5 Å². The van der Waals surface area contributed by atoms with Crippen molar-refractivity contribution in [3.63, 3.8) is 0 Å². The van der Waals surface area contributed by atoms with Gasteiger partial charge in [0.05, 0.1) is 29.3 Å². The van der Waals surface area contributed by atoms with Crippen molar-refractivity contribution in [1.29, 1.82) is 0 Å². The minimum absolute atomic E-state index is 0.124. The van der Waals surface area contributed by atoms with E-state index in [1.807, 2.05) is 19.9 Å². The second kappa shape index (κ2) is 9.99. The lowest BCUT2D eigenvalue weighted by Gasteiger charge is -2.26. The van der Waals surface area contributed by atoms with Crippen LogP contribution in [0.4, 0.5) is 5.69 Å². The van der Waals surface area contributed by atoms with Crippen molar-refractivity contribution in [3.8, 4) is 11.5 Å². The van der Waals surface area contributed by atoms with Crippen LogP contribution in [0, 0.1) is 0 Å². The van der Waals surface area contributed by atoms with E-state index >= 15 is 0 Å². The first-order chi connectivity index (χ1) is 16.3. The molecule has 0 atom stereocenters. The zero-order chi connectivity index (χ0) is 24.3. The molecular weight excluding hydrogens is 454 g/mol. The number of hydrogen-bond donors (Lipinski definition) is 1. The lowest BCUT2D eigenvalue weighted by Crippen LogP contribution is -2.35. The van der Waals surface area contributed by atoms with E-state index in [2.05, 4.69) is 10.3 Å². The highest BCUT2D eigenvalue weighted by Gasteiger charge is 2.27. The lowest BCUT2D eigenvalue weighted by atomic mass is 10.2. The normalized spacial score (nSPS) is 14.8. The van der Waals surface area contributed by atoms with Crippen LogP contribution < -0.4 is 14.8 Å². The summed E-state index contributed by atoms with van der Waals surface area (Å²) in [6.45, 7) is 4.73. The highest BCUT2D eigenvalue weighted by molar-refractivity contribution is 7.89. The molecule has 1 aromatic heterocycles. The molecule has 0 radical (unpaired) electrons. The Hall–Kier alpha value is -3.17. The fourth-order valence-electron chi connectivity index (χ4n) is 3.92. The molecule has 34 heavy (non-hydrogen) atoms. The first-order valence-electron chi connectivity index (χ1n) is 11.3. The van der Waals surface area contributed by atoms with Crippen LogP contribution in [0.1, 0.15) is 43.6 Å². The molecule has 0 spiro atoms. The number of aromatic nitrogens is 1. The van der Waals surface area contributed by atoms with Crippen LogP contribution in [-0.2, 0) is 10.0 Å². The molecule has 9 heteroatoms. The van der Waals surface area contributed by atoms with Crippen molar-refractivity contribution in [1.82, 2.24) is 9.29 Å². The van der Waals surface area contributed by atoms with Gasteiger partial charge >= 0.3 is 0 Å². The van der Waals surface area contributed by atoms with Crippen molar-refractivity contribution in [2.24, 2.45) is 0 Å². The van der Waals surface area contributed by atoms with Crippen LogP contribution in [0.25, 0.3) is 10.9 Å². The predicted molar refractivity (Wildman–Crippen MR) is 131 cm³/mol. The van der Waals surface area contributed by atoms with Crippen LogP contribution in [0.3, 0.4) is 0 Å². The Bertz CT molecular complexity index is 1300. The van der Waals surface area contributed by atoms with Crippen LogP contribution in [0.2, 0.25) is 0 Å². The second-order valence-corrected chi connectivity index (χ2v) is 10.4. The highest BCUT2D eigenvalue weighted by atomic mass is 32.2. The zero-order valence-corrected chi connectivity index (χ0v) is 20.4. The molecule has 0 saturated carbocycles. The summed E-state index contributed by atoms with van der Waals surface area (Å²) in [6, 6.07) is 13.4. The maximum atomic E-state index is 13.2. The molecule has 2 aromatic carbocycles. The third-order valence-corrected chi connectivity index (χ3v) is 7.54. The van der Waals surface area contributed by atoms with Crippen molar-refractivity contribution >= 4 is 32.5 Å². The molecule has 4 rings (SSSR count). The van der Waals surface area contributed by atoms with Gasteiger partial charge in [-0.15, -0.1) is 0 Å². The number of carbonyl (C=O) groups is 1. The van der Waals surface area contributed by atoms with Crippen molar-refractivity contribution in [2.45, 2.75) is 44.1 Å².